The molecule has 1 heterocycles. The minimum absolute atomic E-state index is 0.137. The van der Waals surface area contributed by atoms with Crippen LogP contribution < -0.4 is 5.32 Å². The third-order valence-corrected chi connectivity index (χ3v) is 3.12. The van der Waals surface area contributed by atoms with Gasteiger partial charge in [0.2, 0.25) is 5.82 Å². The van der Waals surface area contributed by atoms with Crippen molar-refractivity contribution in [3.8, 4) is 5.69 Å². The summed E-state index contributed by atoms with van der Waals surface area (Å²) in [6.45, 7) is 2.27. The van der Waals surface area contributed by atoms with Gasteiger partial charge in [-0.25, -0.2) is 26.6 Å². The second-order valence-electron chi connectivity index (χ2n) is 4.84. The molecule has 2 aromatic rings. The molecule has 2 rings (SSSR count). The summed E-state index contributed by atoms with van der Waals surface area (Å²) >= 11 is 0. The quantitative estimate of drug-likeness (QED) is 0.331. The standard InChI is InChI=1S/C15H14F5N3O3/c1-2-25-5-6-26-7-9(24)22-8-3-4-21-23(8)15-13(19)11(17)10(16)12(18)14(15)20/h3-4H,2,5-7H2,1H3,(H,22,24). The number of carbonyl (C=O) groups is 1. The first-order chi connectivity index (χ1) is 12.4. The van der Waals surface area contributed by atoms with E-state index < -0.39 is 47.3 Å². The van der Waals surface area contributed by atoms with E-state index in [-0.39, 0.29) is 19.0 Å². The third kappa shape index (κ3) is 4.17. The van der Waals surface area contributed by atoms with Gasteiger partial charge in [-0.1, -0.05) is 0 Å². The Kier molecular flexibility index (Phi) is 6.64. The lowest BCUT2D eigenvalue weighted by Crippen LogP contribution is -2.22. The molecule has 0 fully saturated rings. The highest BCUT2D eigenvalue weighted by Crippen LogP contribution is 2.27. The average molecular weight is 379 g/mol. The number of hydrogen-bond acceptors (Lipinski definition) is 4. The van der Waals surface area contributed by atoms with Crippen LogP contribution in [0.15, 0.2) is 12.3 Å². The van der Waals surface area contributed by atoms with Crippen LogP contribution in [0.3, 0.4) is 0 Å². The molecule has 1 N–H and O–H groups in total. The van der Waals surface area contributed by atoms with E-state index in [1.807, 2.05) is 0 Å². The Morgan fingerprint density at radius 1 is 1.04 bits per heavy atom. The number of benzene rings is 1. The lowest BCUT2D eigenvalue weighted by molar-refractivity contribution is -0.121. The fourth-order valence-corrected chi connectivity index (χ4v) is 1.96. The van der Waals surface area contributed by atoms with Crippen molar-refractivity contribution in [3.63, 3.8) is 0 Å². The van der Waals surface area contributed by atoms with E-state index in [2.05, 4.69) is 10.4 Å². The number of halogens is 5. The van der Waals surface area contributed by atoms with Crippen LogP contribution in [-0.2, 0) is 14.3 Å². The van der Waals surface area contributed by atoms with Crippen LogP contribution in [0, 0.1) is 29.1 Å². The Hall–Kier alpha value is -2.53. The monoisotopic (exact) mass is 379 g/mol. The van der Waals surface area contributed by atoms with Gasteiger partial charge in [0.1, 0.15) is 18.1 Å². The summed E-state index contributed by atoms with van der Waals surface area (Å²) in [4.78, 5) is 11.8. The fourth-order valence-electron chi connectivity index (χ4n) is 1.96. The number of nitrogens with one attached hydrogen (secondary N) is 1. The van der Waals surface area contributed by atoms with Gasteiger partial charge in [0, 0.05) is 12.7 Å². The van der Waals surface area contributed by atoms with Gasteiger partial charge in [0.25, 0.3) is 5.91 Å². The van der Waals surface area contributed by atoms with E-state index >= 15 is 0 Å². The van der Waals surface area contributed by atoms with E-state index in [9.17, 15) is 26.7 Å². The minimum Gasteiger partial charge on any atom is -0.379 e. The second-order valence-corrected chi connectivity index (χ2v) is 4.84. The number of nitrogens with zero attached hydrogens (tertiary/aromatic N) is 2. The van der Waals surface area contributed by atoms with Crippen molar-refractivity contribution in [3.05, 3.63) is 41.3 Å². The number of rotatable bonds is 8. The first kappa shape index (κ1) is 19.8. The number of aromatic nitrogens is 2. The van der Waals surface area contributed by atoms with Crippen LogP contribution in [0.25, 0.3) is 5.69 Å². The van der Waals surface area contributed by atoms with E-state index in [1.165, 1.54) is 0 Å². The molecule has 0 bridgehead atoms. The zero-order valence-corrected chi connectivity index (χ0v) is 13.5. The SMILES string of the molecule is CCOCCOCC(=O)Nc1ccnn1-c1c(F)c(F)c(F)c(F)c1F. The molecular weight excluding hydrogens is 365 g/mol. The van der Waals surface area contributed by atoms with Crippen molar-refractivity contribution in [2.45, 2.75) is 6.92 Å². The summed E-state index contributed by atoms with van der Waals surface area (Å²) in [6, 6.07) is 1.12. The Morgan fingerprint density at radius 3 is 2.23 bits per heavy atom. The van der Waals surface area contributed by atoms with Gasteiger partial charge < -0.3 is 14.8 Å². The molecule has 26 heavy (non-hydrogen) atoms. The molecule has 142 valence electrons. The maximum atomic E-state index is 13.9. The van der Waals surface area contributed by atoms with E-state index in [4.69, 9.17) is 9.47 Å². The third-order valence-electron chi connectivity index (χ3n) is 3.12. The molecule has 0 spiro atoms. The summed E-state index contributed by atoms with van der Waals surface area (Å²) in [5, 5.41) is 5.71. The van der Waals surface area contributed by atoms with Crippen molar-refractivity contribution >= 4 is 11.7 Å². The molecule has 11 heteroatoms. The van der Waals surface area contributed by atoms with Crippen molar-refractivity contribution < 1.29 is 36.2 Å². The zero-order chi connectivity index (χ0) is 19.3. The largest absolute Gasteiger partial charge is 0.379 e. The minimum atomic E-state index is -2.29. The smallest absolute Gasteiger partial charge is 0.251 e. The van der Waals surface area contributed by atoms with Gasteiger partial charge in [0.05, 0.1) is 19.4 Å². The molecule has 6 nitrogen and oxygen atoms in total. The highest BCUT2D eigenvalue weighted by atomic mass is 19.2. The van der Waals surface area contributed by atoms with Crippen molar-refractivity contribution in [2.75, 3.05) is 31.7 Å². The zero-order valence-electron chi connectivity index (χ0n) is 13.5. The van der Waals surface area contributed by atoms with E-state index in [1.54, 1.807) is 6.92 Å². The maximum Gasteiger partial charge on any atom is 0.251 e. The first-order valence-electron chi connectivity index (χ1n) is 7.39. The summed E-state index contributed by atoms with van der Waals surface area (Å²) in [5.74, 6) is -11.7. The van der Waals surface area contributed by atoms with Crippen LogP contribution in [0.5, 0.6) is 0 Å². The molecule has 0 atom stereocenters. The highest BCUT2D eigenvalue weighted by molar-refractivity contribution is 5.91. The fraction of sp³-hybridized carbons (Fsp3) is 0.333. The highest BCUT2D eigenvalue weighted by Gasteiger charge is 2.28. The Bertz CT molecular complexity index is 768. The second kappa shape index (κ2) is 8.72. The summed E-state index contributed by atoms with van der Waals surface area (Å²) in [7, 11) is 0. The summed E-state index contributed by atoms with van der Waals surface area (Å²) in [6.07, 6.45) is 1.02. The van der Waals surface area contributed by atoms with Gasteiger partial charge >= 0.3 is 0 Å². The van der Waals surface area contributed by atoms with Gasteiger partial charge in [-0.05, 0) is 6.92 Å². The van der Waals surface area contributed by atoms with Crippen LogP contribution in [-0.4, -0.2) is 42.1 Å². The van der Waals surface area contributed by atoms with Gasteiger partial charge in [0.15, 0.2) is 23.3 Å². The molecule has 1 amide bonds. The van der Waals surface area contributed by atoms with E-state index in [0.29, 0.717) is 11.3 Å². The number of amides is 1. The Morgan fingerprint density at radius 2 is 1.62 bits per heavy atom. The molecule has 0 saturated carbocycles. The number of ether oxygens (including phenoxy) is 2. The molecule has 0 unspecified atom stereocenters. The molecular formula is C15H14F5N3O3. The molecule has 0 aliphatic heterocycles. The predicted octanol–water partition coefficient (Wildman–Crippen LogP) is 2.56. The molecule has 0 radical (unpaired) electrons. The maximum absolute atomic E-state index is 13.9. The Balaban J connectivity index is 2.18. The lowest BCUT2D eigenvalue weighted by atomic mass is 10.2. The van der Waals surface area contributed by atoms with E-state index in [0.717, 1.165) is 12.3 Å². The van der Waals surface area contributed by atoms with Crippen LogP contribution in [0.2, 0.25) is 0 Å². The first-order valence-corrected chi connectivity index (χ1v) is 7.39. The molecule has 1 aromatic heterocycles. The van der Waals surface area contributed by atoms with Crippen LogP contribution >= 0.6 is 0 Å². The summed E-state index contributed by atoms with van der Waals surface area (Å²) < 4.78 is 77.9. The van der Waals surface area contributed by atoms with Crippen LogP contribution in [0.1, 0.15) is 6.92 Å². The average Bonchev–Trinajstić information content (AvgIpc) is 3.06. The molecule has 0 aliphatic rings. The number of anilines is 1. The molecule has 1 aromatic carbocycles. The topological polar surface area (TPSA) is 65.4 Å². The van der Waals surface area contributed by atoms with Crippen molar-refractivity contribution in [2.24, 2.45) is 0 Å². The lowest BCUT2D eigenvalue weighted by Gasteiger charge is -2.12. The predicted molar refractivity (Wildman–Crippen MR) is 79.3 cm³/mol. The van der Waals surface area contributed by atoms with Gasteiger partial charge in [-0.2, -0.15) is 5.10 Å². The van der Waals surface area contributed by atoms with Gasteiger partial charge in [-0.15, -0.1) is 0 Å². The number of hydrogen-bond donors (Lipinski definition) is 1. The normalized spacial score (nSPS) is 11.0. The number of carbonyl (C=O) groups excluding carboxylic acids is 1. The van der Waals surface area contributed by atoms with Crippen LogP contribution in [0.4, 0.5) is 27.8 Å². The molecule has 0 saturated heterocycles. The molecule has 0 aliphatic carbocycles. The Labute approximate surface area is 144 Å². The van der Waals surface area contributed by atoms with Crippen molar-refractivity contribution in [1.29, 1.82) is 0 Å². The van der Waals surface area contributed by atoms with Crippen molar-refractivity contribution in [1.82, 2.24) is 9.78 Å². The summed E-state index contributed by atoms with van der Waals surface area (Å²) in [5.41, 5.74) is -1.31. The van der Waals surface area contributed by atoms with Gasteiger partial charge in [-0.3, -0.25) is 4.79 Å².